The number of piperidine rings is 1. The monoisotopic (exact) mass is 309 g/mol. The van der Waals surface area contributed by atoms with Crippen molar-refractivity contribution in [2.75, 3.05) is 20.2 Å². The molecule has 2 atom stereocenters. The lowest BCUT2D eigenvalue weighted by atomic mass is 9.98. The quantitative estimate of drug-likeness (QED) is 0.863. The Hall–Kier alpha value is -1.44. The number of amidine groups is 1. The van der Waals surface area contributed by atoms with E-state index in [1.54, 1.807) is 25.3 Å². The molecule has 2 aliphatic heterocycles. The van der Waals surface area contributed by atoms with E-state index in [0.29, 0.717) is 24.5 Å². The molecule has 2 aliphatic rings. The average molecular weight is 309 g/mol. The van der Waals surface area contributed by atoms with E-state index in [1.807, 2.05) is 11.0 Å². The Labute approximate surface area is 124 Å². The number of methoxy groups -OCH3 is 1. The number of benzene rings is 1. The summed E-state index contributed by atoms with van der Waals surface area (Å²) in [5.74, 6) is 0.524. The molecule has 2 heterocycles. The Bertz CT molecular complexity index is 672. The number of nitrogens with two attached hydrogens (primary N) is 1. The minimum atomic E-state index is -3.58. The van der Waals surface area contributed by atoms with Gasteiger partial charge in [-0.25, -0.2) is 0 Å². The van der Waals surface area contributed by atoms with E-state index in [9.17, 15) is 8.42 Å². The van der Waals surface area contributed by atoms with Crippen LogP contribution in [0.4, 0.5) is 0 Å². The summed E-state index contributed by atoms with van der Waals surface area (Å²) in [4.78, 5) is 2.29. The third-order valence-corrected chi connectivity index (χ3v) is 5.48. The Balaban J connectivity index is 1.98. The minimum absolute atomic E-state index is 0.0452. The SMILES string of the molecule is COC1CCN(C2=NS(=O)(=O)c3ccccc32)C(CN)C1. The molecule has 0 saturated carbocycles. The fourth-order valence-corrected chi connectivity index (χ4v) is 4.24. The first-order chi connectivity index (χ1) is 10.1. The van der Waals surface area contributed by atoms with Crippen molar-refractivity contribution in [2.24, 2.45) is 10.1 Å². The summed E-state index contributed by atoms with van der Waals surface area (Å²) >= 11 is 0. The summed E-state index contributed by atoms with van der Waals surface area (Å²) in [6, 6.07) is 6.99. The van der Waals surface area contributed by atoms with Gasteiger partial charge in [0.1, 0.15) is 4.90 Å². The second-order valence-electron chi connectivity index (χ2n) is 5.35. The zero-order chi connectivity index (χ0) is 15.0. The molecule has 114 valence electrons. The molecular formula is C14H19N3O3S. The molecule has 0 spiro atoms. The molecule has 21 heavy (non-hydrogen) atoms. The third-order valence-electron chi connectivity index (χ3n) is 4.16. The second-order valence-corrected chi connectivity index (χ2v) is 6.92. The van der Waals surface area contributed by atoms with Crippen molar-refractivity contribution in [1.82, 2.24) is 4.90 Å². The largest absolute Gasteiger partial charge is 0.381 e. The van der Waals surface area contributed by atoms with Gasteiger partial charge in [0.15, 0.2) is 5.84 Å². The van der Waals surface area contributed by atoms with Crippen molar-refractivity contribution in [3.63, 3.8) is 0 Å². The molecule has 1 saturated heterocycles. The lowest BCUT2D eigenvalue weighted by Crippen LogP contribution is -2.51. The molecule has 1 fully saturated rings. The van der Waals surface area contributed by atoms with Gasteiger partial charge in [0.05, 0.1) is 6.10 Å². The van der Waals surface area contributed by atoms with E-state index in [1.165, 1.54) is 0 Å². The maximum Gasteiger partial charge on any atom is 0.285 e. The fraction of sp³-hybridized carbons (Fsp3) is 0.500. The van der Waals surface area contributed by atoms with Crippen molar-refractivity contribution in [3.8, 4) is 0 Å². The number of likely N-dealkylation sites (tertiary alicyclic amines) is 1. The maximum atomic E-state index is 12.2. The van der Waals surface area contributed by atoms with Crippen LogP contribution in [0, 0.1) is 0 Å². The number of rotatable bonds is 2. The van der Waals surface area contributed by atoms with Crippen LogP contribution < -0.4 is 5.73 Å². The first-order valence-corrected chi connectivity index (χ1v) is 8.44. The summed E-state index contributed by atoms with van der Waals surface area (Å²) < 4.78 is 33.7. The van der Waals surface area contributed by atoms with Gasteiger partial charge in [0.2, 0.25) is 0 Å². The van der Waals surface area contributed by atoms with Crippen LogP contribution >= 0.6 is 0 Å². The number of fused-ring (bicyclic) bond motifs is 1. The first kappa shape index (κ1) is 14.5. The molecule has 0 radical (unpaired) electrons. The van der Waals surface area contributed by atoms with Crippen molar-refractivity contribution in [3.05, 3.63) is 29.8 Å². The average Bonchev–Trinajstić information content (AvgIpc) is 2.78. The zero-order valence-electron chi connectivity index (χ0n) is 11.9. The topological polar surface area (TPSA) is 85.0 Å². The van der Waals surface area contributed by atoms with Gasteiger partial charge in [0, 0.05) is 31.8 Å². The molecule has 0 aromatic heterocycles. The van der Waals surface area contributed by atoms with Gasteiger partial charge in [-0.15, -0.1) is 4.40 Å². The van der Waals surface area contributed by atoms with Gasteiger partial charge in [-0.05, 0) is 25.0 Å². The van der Waals surface area contributed by atoms with Crippen molar-refractivity contribution in [2.45, 2.75) is 29.9 Å². The van der Waals surface area contributed by atoms with Crippen LogP contribution in [0.2, 0.25) is 0 Å². The fourth-order valence-electron chi connectivity index (χ4n) is 3.03. The Morgan fingerprint density at radius 1 is 1.43 bits per heavy atom. The van der Waals surface area contributed by atoms with Gasteiger partial charge in [-0.1, -0.05) is 12.1 Å². The van der Waals surface area contributed by atoms with Gasteiger partial charge < -0.3 is 15.4 Å². The van der Waals surface area contributed by atoms with Gasteiger partial charge in [-0.3, -0.25) is 0 Å². The molecule has 7 heteroatoms. The van der Waals surface area contributed by atoms with E-state index in [2.05, 4.69) is 4.40 Å². The number of hydrogen-bond donors (Lipinski definition) is 1. The summed E-state index contributed by atoms with van der Waals surface area (Å²) in [7, 11) is -1.89. The molecule has 0 amide bonds. The van der Waals surface area contributed by atoms with Crippen LogP contribution in [-0.2, 0) is 14.8 Å². The van der Waals surface area contributed by atoms with E-state index < -0.39 is 10.0 Å². The number of nitrogens with zero attached hydrogens (tertiary/aromatic N) is 2. The number of ether oxygens (including phenoxy) is 1. The molecule has 3 rings (SSSR count). The highest BCUT2D eigenvalue weighted by molar-refractivity contribution is 7.90. The van der Waals surface area contributed by atoms with Crippen LogP contribution in [0.5, 0.6) is 0 Å². The number of hydrogen-bond acceptors (Lipinski definition) is 5. The molecule has 2 unspecified atom stereocenters. The summed E-state index contributed by atoms with van der Waals surface area (Å²) in [6.07, 6.45) is 1.80. The van der Waals surface area contributed by atoms with Gasteiger partial charge >= 0.3 is 0 Å². The van der Waals surface area contributed by atoms with E-state index in [-0.39, 0.29) is 17.0 Å². The Morgan fingerprint density at radius 3 is 2.90 bits per heavy atom. The smallest absolute Gasteiger partial charge is 0.285 e. The molecular weight excluding hydrogens is 290 g/mol. The van der Waals surface area contributed by atoms with Gasteiger partial charge in [-0.2, -0.15) is 8.42 Å². The molecule has 6 nitrogen and oxygen atoms in total. The van der Waals surface area contributed by atoms with Crippen molar-refractivity contribution in [1.29, 1.82) is 0 Å². The molecule has 1 aromatic rings. The predicted molar refractivity (Wildman–Crippen MR) is 79.7 cm³/mol. The van der Waals surface area contributed by atoms with Crippen LogP contribution in [0.25, 0.3) is 0 Å². The Morgan fingerprint density at radius 2 is 2.19 bits per heavy atom. The molecule has 2 N–H and O–H groups in total. The van der Waals surface area contributed by atoms with Crippen LogP contribution in [0.1, 0.15) is 18.4 Å². The lowest BCUT2D eigenvalue weighted by molar-refractivity contribution is 0.0366. The molecule has 1 aromatic carbocycles. The van der Waals surface area contributed by atoms with Crippen LogP contribution in [0.15, 0.2) is 33.6 Å². The van der Waals surface area contributed by atoms with Crippen LogP contribution in [0.3, 0.4) is 0 Å². The summed E-state index contributed by atoms with van der Waals surface area (Å²) in [5, 5.41) is 0. The molecule has 0 bridgehead atoms. The highest BCUT2D eigenvalue weighted by Gasteiger charge is 2.36. The normalized spacial score (nSPS) is 27.3. The van der Waals surface area contributed by atoms with E-state index >= 15 is 0 Å². The summed E-state index contributed by atoms with van der Waals surface area (Å²) in [6.45, 7) is 1.14. The Kier molecular flexibility index (Phi) is 3.73. The van der Waals surface area contributed by atoms with E-state index in [4.69, 9.17) is 10.5 Å². The standard InChI is InChI=1S/C14H19N3O3S/c1-20-11-6-7-17(10(8-11)9-15)14-12-4-2-3-5-13(12)21(18,19)16-14/h2-5,10-11H,6-9,15H2,1H3. The third kappa shape index (κ3) is 2.45. The summed E-state index contributed by atoms with van der Waals surface area (Å²) in [5.41, 5.74) is 6.54. The second kappa shape index (κ2) is 5.40. The van der Waals surface area contributed by atoms with Crippen molar-refractivity contribution < 1.29 is 13.2 Å². The van der Waals surface area contributed by atoms with E-state index in [0.717, 1.165) is 12.8 Å². The highest BCUT2D eigenvalue weighted by Crippen LogP contribution is 2.30. The predicted octanol–water partition coefficient (Wildman–Crippen LogP) is 0.574. The van der Waals surface area contributed by atoms with Crippen LogP contribution in [-0.4, -0.2) is 51.5 Å². The lowest BCUT2D eigenvalue weighted by Gasteiger charge is -2.39. The minimum Gasteiger partial charge on any atom is -0.381 e. The highest BCUT2D eigenvalue weighted by atomic mass is 32.2. The first-order valence-electron chi connectivity index (χ1n) is 7.00. The maximum absolute atomic E-state index is 12.2. The van der Waals surface area contributed by atoms with Gasteiger partial charge in [0.25, 0.3) is 10.0 Å². The number of sulfonamides is 1. The zero-order valence-corrected chi connectivity index (χ0v) is 12.7. The molecule has 0 aliphatic carbocycles. The van der Waals surface area contributed by atoms with Crippen molar-refractivity contribution >= 4 is 15.9 Å².